The molecule has 0 aromatic heterocycles. The first-order valence-electron chi connectivity index (χ1n) is 6.44. The molecule has 0 amide bonds. The zero-order chi connectivity index (χ0) is 15.6. The number of methoxy groups -OCH3 is 1. The summed E-state index contributed by atoms with van der Waals surface area (Å²) < 4.78 is 34.2. The SMILES string of the molecule is CNC(c1cc(F)c(C)cc1F)c1ccc(Br)cc1OC. The van der Waals surface area contributed by atoms with Gasteiger partial charge in [-0.3, -0.25) is 0 Å². The largest absolute Gasteiger partial charge is 0.496 e. The number of benzene rings is 2. The third-order valence-corrected chi connectivity index (χ3v) is 3.88. The number of hydrogen-bond acceptors (Lipinski definition) is 2. The normalized spacial score (nSPS) is 12.3. The van der Waals surface area contributed by atoms with E-state index in [-0.39, 0.29) is 11.1 Å². The minimum atomic E-state index is -0.497. The maximum absolute atomic E-state index is 14.2. The number of rotatable bonds is 4. The second-order valence-corrected chi connectivity index (χ2v) is 5.65. The van der Waals surface area contributed by atoms with E-state index >= 15 is 0 Å². The molecule has 2 nitrogen and oxygen atoms in total. The van der Waals surface area contributed by atoms with Crippen molar-refractivity contribution in [3.63, 3.8) is 0 Å². The van der Waals surface area contributed by atoms with Crippen molar-refractivity contribution in [2.75, 3.05) is 14.2 Å². The Labute approximate surface area is 131 Å². The Morgan fingerprint density at radius 2 is 1.81 bits per heavy atom. The molecule has 0 fully saturated rings. The van der Waals surface area contributed by atoms with E-state index in [9.17, 15) is 8.78 Å². The van der Waals surface area contributed by atoms with Gasteiger partial charge in [0, 0.05) is 15.6 Å². The van der Waals surface area contributed by atoms with Crippen molar-refractivity contribution in [3.8, 4) is 5.75 Å². The second-order valence-electron chi connectivity index (χ2n) is 4.73. The smallest absolute Gasteiger partial charge is 0.128 e. The summed E-state index contributed by atoms with van der Waals surface area (Å²) in [6.07, 6.45) is 0. The highest BCUT2D eigenvalue weighted by Crippen LogP contribution is 2.33. The van der Waals surface area contributed by atoms with Crippen LogP contribution in [0.1, 0.15) is 22.7 Å². The topological polar surface area (TPSA) is 21.3 Å². The van der Waals surface area contributed by atoms with Gasteiger partial charge in [0.2, 0.25) is 0 Å². The van der Waals surface area contributed by atoms with Crippen LogP contribution in [0.25, 0.3) is 0 Å². The fraction of sp³-hybridized carbons (Fsp3) is 0.250. The van der Waals surface area contributed by atoms with Crippen molar-refractivity contribution in [2.45, 2.75) is 13.0 Å². The molecule has 0 heterocycles. The number of aryl methyl sites for hydroxylation is 1. The number of ether oxygens (including phenoxy) is 1. The molecule has 2 aromatic carbocycles. The third-order valence-electron chi connectivity index (χ3n) is 3.38. The predicted octanol–water partition coefficient (Wildman–Crippen LogP) is 4.35. The Morgan fingerprint density at radius 1 is 1.10 bits per heavy atom. The quantitative estimate of drug-likeness (QED) is 0.879. The van der Waals surface area contributed by atoms with Crippen molar-refractivity contribution in [3.05, 3.63) is 63.1 Å². The first-order valence-corrected chi connectivity index (χ1v) is 7.23. The molecule has 1 unspecified atom stereocenters. The van der Waals surface area contributed by atoms with Crippen LogP contribution >= 0.6 is 15.9 Å². The van der Waals surface area contributed by atoms with Crippen LogP contribution in [0.3, 0.4) is 0 Å². The van der Waals surface area contributed by atoms with Crippen LogP contribution in [-0.4, -0.2) is 14.2 Å². The van der Waals surface area contributed by atoms with Gasteiger partial charge in [0.25, 0.3) is 0 Å². The van der Waals surface area contributed by atoms with Gasteiger partial charge in [-0.25, -0.2) is 8.78 Å². The Morgan fingerprint density at radius 3 is 2.43 bits per heavy atom. The number of halogens is 3. The van der Waals surface area contributed by atoms with E-state index in [1.807, 2.05) is 12.1 Å². The molecule has 0 saturated carbocycles. The monoisotopic (exact) mass is 355 g/mol. The van der Waals surface area contributed by atoms with Gasteiger partial charge in [0.1, 0.15) is 17.4 Å². The van der Waals surface area contributed by atoms with Crippen molar-refractivity contribution >= 4 is 15.9 Å². The Kier molecular flexibility index (Phi) is 4.96. The Hall–Kier alpha value is -1.46. The summed E-state index contributed by atoms with van der Waals surface area (Å²) in [5.74, 6) is -0.273. The lowest BCUT2D eigenvalue weighted by Crippen LogP contribution is -2.20. The molecule has 0 radical (unpaired) electrons. The second kappa shape index (κ2) is 6.54. The molecule has 0 saturated heterocycles. The van der Waals surface area contributed by atoms with Gasteiger partial charge < -0.3 is 10.1 Å². The Bertz CT molecular complexity index is 661. The van der Waals surface area contributed by atoms with Crippen LogP contribution in [0.2, 0.25) is 0 Å². The van der Waals surface area contributed by atoms with Crippen LogP contribution in [0, 0.1) is 18.6 Å². The Balaban J connectivity index is 2.57. The van der Waals surface area contributed by atoms with E-state index in [2.05, 4.69) is 21.2 Å². The molecular weight excluding hydrogens is 340 g/mol. The van der Waals surface area contributed by atoms with Crippen molar-refractivity contribution in [2.24, 2.45) is 0 Å². The summed E-state index contributed by atoms with van der Waals surface area (Å²) in [5.41, 5.74) is 1.28. The molecule has 0 spiro atoms. The van der Waals surface area contributed by atoms with E-state index in [4.69, 9.17) is 4.74 Å². The minimum absolute atomic E-state index is 0.251. The van der Waals surface area contributed by atoms with Gasteiger partial charge in [0.15, 0.2) is 0 Å². The number of hydrogen-bond donors (Lipinski definition) is 1. The standard InChI is InChI=1S/C16H16BrF2NO/c1-9-6-14(19)12(8-13(9)18)16(20-2)11-5-4-10(17)7-15(11)21-3/h4-8,16,20H,1-3H3. The van der Waals surface area contributed by atoms with E-state index in [1.165, 1.54) is 19.1 Å². The first-order chi connectivity index (χ1) is 9.97. The molecule has 2 aromatic rings. The lowest BCUT2D eigenvalue weighted by Gasteiger charge is -2.21. The average Bonchev–Trinajstić information content (AvgIpc) is 2.46. The van der Waals surface area contributed by atoms with Crippen LogP contribution < -0.4 is 10.1 Å². The van der Waals surface area contributed by atoms with Crippen molar-refractivity contribution < 1.29 is 13.5 Å². The van der Waals surface area contributed by atoms with Crippen LogP contribution in [0.4, 0.5) is 8.78 Å². The van der Waals surface area contributed by atoms with Gasteiger partial charge in [-0.2, -0.15) is 0 Å². The summed E-state index contributed by atoms with van der Waals surface area (Å²) in [6, 6.07) is 7.39. The summed E-state index contributed by atoms with van der Waals surface area (Å²) >= 11 is 3.37. The van der Waals surface area contributed by atoms with Gasteiger partial charge in [-0.05, 0) is 43.8 Å². The number of nitrogens with one attached hydrogen (secondary N) is 1. The molecule has 1 N–H and O–H groups in total. The van der Waals surface area contributed by atoms with E-state index in [0.29, 0.717) is 5.75 Å². The van der Waals surface area contributed by atoms with Crippen molar-refractivity contribution in [1.82, 2.24) is 5.32 Å². The molecule has 0 aliphatic heterocycles. The van der Waals surface area contributed by atoms with E-state index in [1.54, 1.807) is 20.2 Å². The highest BCUT2D eigenvalue weighted by Gasteiger charge is 2.21. The highest BCUT2D eigenvalue weighted by molar-refractivity contribution is 9.10. The molecule has 2 rings (SSSR count). The predicted molar refractivity (Wildman–Crippen MR) is 82.7 cm³/mol. The highest BCUT2D eigenvalue weighted by atomic mass is 79.9. The molecule has 5 heteroatoms. The van der Waals surface area contributed by atoms with Crippen LogP contribution in [-0.2, 0) is 0 Å². The summed E-state index contributed by atoms with van der Waals surface area (Å²) in [4.78, 5) is 0. The lowest BCUT2D eigenvalue weighted by atomic mass is 9.96. The lowest BCUT2D eigenvalue weighted by molar-refractivity contribution is 0.404. The molecule has 112 valence electrons. The zero-order valence-corrected chi connectivity index (χ0v) is 13.6. The van der Waals surface area contributed by atoms with E-state index in [0.717, 1.165) is 10.0 Å². The third kappa shape index (κ3) is 3.24. The average molecular weight is 356 g/mol. The van der Waals surface area contributed by atoms with Gasteiger partial charge in [-0.15, -0.1) is 0 Å². The van der Waals surface area contributed by atoms with Gasteiger partial charge in [0.05, 0.1) is 13.2 Å². The molecule has 0 aliphatic carbocycles. The molecule has 0 aliphatic rings. The maximum atomic E-state index is 14.2. The first kappa shape index (κ1) is 15.9. The van der Waals surface area contributed by atoms with Crippen molar-refractivity contribution in [1.29, 1.82) is 0 Å². The molecule has 1 atom stereocenters. The summed E-state index contributed by atoms with van der Waals surface area (Å²) in [7, 11) is 3.24. The minimum Gasteiger partial charge on any atom is -0.496 e. The summed E-state index contributed by atoms with van der Waals surface area (Å²) in [6.45, 7) is 1.54. The van der Waals surface area contributed by atoms with Crippen LogP contribution in [0.15, 0.2) is 34.8 Å². The fourth-order valence-corrected chi connectivity index (χ4v) is 2.62. The van der Waals surface area contributed by atoms with Crippen LogP contribution in [0.5, 0.6) is 5.75 Å². The van der Waals surface area contributed by atoms with Gasteiger partial charge >= 0.3 is 0 Å². The fourth-order valence-electron chi connectivity index (χ4n) is 2.28. The molecule has 21 heavy (non-hydrogen) atoms. The maximum Gasteiger partial charge on any atom is 0.128 e. The molecule has 0 bridgehead atoms. The zero-order valence-electron chi connectivity index (χ0n) is 12.0. The molecular formula is C16H16BrF2NO. The van der Waals surface area contributed by atoms with Gasteiger partial charge in [-0.1, -0.05) is 22.0 Å². The summed E-state index contributed by atoms with van der Waals surface area (Å²) in [5, 5.41) is 3.01. The van der Waals surface area contributed by atoms with E-state index < -0.39 is 17.7 Å².